The Morgan fingerprint density at radius 1 is 1.00 bits per heavy atom. The Hall–Kier alpha value is -2.70. The van der Waals surface area contributed by atoms with E-state index in [1.54, 1.807) is 24.4 Å². The molecule has 0 aliphatic carbocycles. The molecule has 106 valence electrons. The number of nitrogens with zero attached hydrogens (tertiary/aromatic N) is 2. The van der Waals surface area contributed by atoms with Gasteiger partial charge >= 0.3 is 0 Å². The monoisotopic (exact) mass is 308 g/mol. The molecule has 2 nitrogen and oxygen atoms in total. The topological polar surface area (TPSA) is 17.2 Å². The number of hydrogen-bond donors (Lipinski definition) is 0. The van der Waals surface area contributed by atoms with Crippen molar-refractivity contribution in [2.45, 2.75) is 0 Å². The van der Waals surface area contributed by atoms with Gasteiger partial charge in [0, 0.05) is 22.3 Å². The van der Waals surface area contributed by atoms with Gasteiger partial charge in [-0.2, -0.15) is 0 Å². The van der Waals surface area contributed by atoms with Crippen molar-refractivity contribution in [2.24, 2.45) is 0 Å². The summed E-state index contributed by atoms with van der Waals surface area (Å²) in [5.41, 5.74) is 3.06. The molecule has 0 amide bonds. The molecule has 0 saturated carbocycles. The lowest BCUT2D eigenvalue weighted by atomic mass is 9.99. The van der Waals surface area contributed by atoms with Crippen molar-refractivity contribution in [3.05, 3.63) is 83.1 Å². The fourth-order valence-corrected chi connectivity index (χ4v) is 2.46. The third-order valence-corrected chi connectivity index (χ3v) is 3.52. The maximum Gasteiger partial charge on any atom is 0.222 e. The second-order valence-electron chi connectivity index (χ2n) is 4.69. The minimum atomic E-state index is -0.534. The third-order valence-electron chi connectivity index (χ3n) is 3.28. The summed E-state index contributed by atoms with van der Waals surface area (Å²) in [4.78, 5) is 7.54. The smallest absolute Gasteiger partial charge is 0.222 e. The fourth-order valence-electron chi connectivity index (χ4n) is 2.27. The van der Waals surface area contributed by atoms with Crippen LogP contribution in [0.1, 0.15) is 0 Å². The minimum absolute atomic E-state index is 0.0111. The number of benzene rings is 2. The Balaban J connectivity index is 2.17. The molecule has 0 atom stereocenters. The summed E-state index contributed by atoms with van der Waals surface area (Å²) in [7, 11) is 0. The zero-order valence-electron chi connectivity index (χ0n) is 11.4. The predicted molar refractivity (Wildman–Crippen MR) is 86.3 cm³/mol. The molecule has 0 aliphatic rings. The van der Waals surface area contributed by atoms with Crippen LogP contribution in [-0.2, 0) is 0 Å². The van der Waals surface area contributed by atoms with Crippen LogP contribution in [-0.4, -0.2) is 4.98 Å². The van der Waals surface area contributed by atoms with E-state index < -0.39 is 5.82 Å². The average molecular weight is 309 g/mol. The first-order valence-corrected chi connectivity index (χ1v) is 6.95. The number of pyridine rings is 1. The van der Waals surface area contributed by atoms with Crippen LogP contribution >= 0.6 is 11.6 Å². The van der Waals surface area contributed by atoms with Crippen molar-refractivity contribution in [1.82, 2.24) is 4.98 Å². The molecule has 0 spiro atoms. The van der Waals surface area contributed by atoms with Crippen LogP contribution in [0.15, 0.2) is 60.8 Å². The molecule has 0 fully saturated rings. The van der Waals surface area contributed by atoms with E-state index in [0.29, 0.717) is 10.6 Å². The first-order valence-electron chi connectivity index (χ1n) is 6.57. The lowest BCUT2D eigenvalue weighted by molar-refractivity contribution is 0.634. The van der Waals surface area contributed by atoms with E-state index in [-0.39, 0.29) is 5.69 Å². The van der Waals surface area contributed by atoms with Crippen LogP contribution in [0, 0.1) is 12.4 Å². The first-order chi connectivity index (χ1) is 10.7. The Morgan fingerprint density at radius 3 is 2.59 bits per heavy atom. The number of hydrogen-bond acceptors (Lipinski definition) is 1. The number of halogens is 2. The van der Waals surface area contributed by atoms with E-state index in [4.69, 9.17) is 18.2 Å². The van der Waals surface area contributed by atoms with Gasteiger partial charge in [-0.15, -0.1) is 0 Å². The van der Waals surface area contributed by atoms with Gasteiger partial charge in [0.25, 0.3) is 0 Å². The van der Waals surface area contributed by atoms with E-state index in [1.165, 1.54) is 12.1 Å². The van der Waals surface area contributed by atoms with E-state index in [1.807, 2.05) is 24.3 Å². The van der Waals surface area contributed by atoms with Crippen molar-refractivity contribution in [1.29, 1.82) is 0 Å². The van der Waals surface area contributed by atoms with Gasteiger partial charge in [-0.05, 0) is 29.8 Å². The molecular formula is C18H10ClFN2. The third kappa shape index (κ3) is 2.69. The first kappa shape index (κ1) is 14.2. The lowest BCUT2D eigenvalue weighted by Gasteiger charge is -2.10. The summed E-state index contributed by atoms with van der Waals surface area (Å²) in [6.07, 6.45) is 1.68. The van der Waals surface area contributed by atoms with Crippen LogP contribution < -0.4 is 0 Å². The normalized spacial score (nSPS) is 10.2. The van der Waals surface area contributed by atoms with Crippen LogP contribution in [0.5, 0.6) is 0 Å². The Morgan fingerprint density at radius 2 is 1.86 bits per heavy atom. The molecule has 1 heterocycles. The second kappa shape index (κ2) is 5.97. The van der Waals surface area contributed by atoms with Gasteiger partial charge in [0.15, 0.2) is 0 Å². The van der Waals surface area contributed by atoms with Crippen LogP contribution in [0.3, 0.4) is 0 Å². The van der Waals surface area contributed by atoms with Gasteiger partial charge in [0.05, 0.1) is 12.3 Å². The molecule has 0 saturated heterocycles. The lowest BCUT2D eigenvalue weighted by Crippen LogP contribution is -1.89. The van der Waals surface area contributed by atoms with Gasteiger partial charge < -0.3 is 0 Å². The fraction of sp³-hybridized carbons (Fsp3) is 0. The molecule has 0 aliphatic heterocycles. The molecule has 0 N–H and O–H groups in total. The summed E-state index contributed by atoms with van der Waals surface area (Å²) in [6.45, 7) is 6.92. The van der Waals surface area contributed by atoms with Crippen molar-refractivity contribution in [3.63, 3.8) is 0 Å². The molecule has 22 heavy (non-hydrogen) atoms. The minimum Gasteiger partial charge on any atom is -0.256 e. The molecule has 1 aromatic heterocycles. The van der Waals surface area contributed by atoms with Crippen LogP contribution in [0.25, 0.3) is 27.2 Å². The molecular weight excluding hydrogens is 299 g/mol. The second-order valence-corrected chi connectivity index (χ2v) is 5.12. The van der Waals surface area contributed by atoms with E-state index in [0.717, 1.165) is 16.8 Å². The Labute approximate surface area is 132 Å². The highest BCUT2D eigenvalue weighted by molar-refractivity contribution is 6.30. The number of rotatable bonds is 2. The zero-order valence-corrected chi connectivity index (χ0v) is 12.2. The average Bonchev–Trinajstić information content (AvgIpc) is 2.55. The van der Waals surface area contributed by atoms with Gasteiger partial charge in [-0.25, -0.2) is 9.24 Å². The molecule has 3 aromatic rings. The number of aromatic nitrogens is 1. The summed E-state index contributed by atoms with van der Waals surface area (Å²) >= 11 is 6.04. The van der Waals surface area contributed by atoms with Crippen molar-refractivity contribution in [2.75, 3.05) is 0 Å². The van der Waals surface area contributed by atoms with Crippen molar-refractivity contribution < 1.29 is 4.39 Å². The van der Waals surface area contributed by atoms with Crippen molar-refractivity contribution >= 4 is 17.3 Å². The highest BCUT2D eigenvalue weighted by Crippen LogP contribution is 2.33. The summed E-state index contributed by atoms with van der Waals surface area (Å²) in [5.74, 6) is -0.534. The van der Waals surface area contributed by atoms with Crippen LogP contribution in [0.4, 0.5) is 10.1 Å². The predicted octanol–water partition coefficient (Wildman–Crippen LogP) is 5.76. The zero-order chi connectivity index (χ0) is 15.5. The van der Waals surface area contributed by atoms with Crippen molar-refractivity contribution in [3.8, 4) is 22.4 Å². The summed E-state index contributed by atoms with van der Waals surface area (Å²) < 4.78 is 13.9. The van der Waals surface area contributed by atoms with Gasteiger partial charge in [0.2, 0.25) is 5.69 Å². The SMILES string of the molecule is [C-]#[N+]c1ccc(-c2cccnc2-c2cccc(Cl)c2)cc1F. The Bertz CT molecular complexity index is 884. The largest absolute Gasteiger partial charge is 0.256 e. The summed E-state index contributed by atoms with van der Waals surface area (Å²) in [5, 5.41) is 0.614. The highest BCUT2D eigenvalue weighted by atomic mass is 35.5. The van der Waals surface area contributed by atoms with Gasteiger partial charge in [0.1, 0.15) is 5.82 Å². The van der Waals surface area contributed by atoms with E-state index >= 15 is 0 Å². The molecule has 0 radical (unpaired) electrons. The molecule has 2 aromatic carbocycles. The maximum absolute atomic E-state index is 13.9. The van der Waals surface area contributed by atoms with Gasteiger partial charge in [-0.3, -0.25) is 4.98 Å². The molecule has 3 rings (SSSR count). The molecule has 4 heteroatoms. The van der Waals surface area contributed by atoms with E-state index in [9.17, 15) is 4.39 Å². The quantitative estimate of drug-likeness (QED) is 0.550. The van der Waals surface area contributed by atoms with E-state index in [2.05, 4.69) is 9.83 Å². The Kier molecular flexibility index (Phi) is 3.86. The van der Waals surface area contributed by atoms with Gasteiger partial charge in [-0.1, -0.05) is 41.9 Å². The van der Waals surface area contributed by atoms with Crippen LogP contribution in [0.2, 0.25) is 5.02 Å². The maximum atomic E-state index is 13.9. The molecule has 0 unspecified atom stereocenters. The standard InChI is InChI=1S/C18H10ClFN2/c1-21-17-8-7-12(11-16(17)20)15-6-3-9-22-18(15)13-4-2-5-14(19)10-13/h2-11H. The molecule has 0 bridgehead atoms. The summed E-state index contributed by atoms with van der Waals surface area (Å²) in [6, 6.07) is 15.6. The highest BCUT2D eigenvalue weighted by Gasteiger charge is 2.11.